The molecule has 3 N–H and O–H groups in total. The summed E-state index contributed by atoms with van der Waals surface area (Å²) in [7, 11) is 0. The van der Waals surface area contributed by atoms with Gasteiger partial charge in [-0.1, -0.05) is 79.4 Å². The van der Waals surface area contributed by atoms with Crippen molar-refractivity contribution in [1.29, 1.82) is 0 Å². The molecule has 2 amide bonds. The van der Waals surface area contributed by atoms with Crippen molar-refractivity contribution in [1.82, 2.24) is 10.6 Å². The molecule has 4 nitrogen and oxygen atoms in total. The van der Waals surface area contributed by atoms with Crippen LogP contribution in [0.25, 0.3) is 0 Å². The van der Waals surface area contributed by atoms with Crippen molar-refractivity contribution < 1.29 is 42.6 Å². The first-order chi connectivity index (χ1) is 13.5. The van der Waals surface area contributed by atoms with Gasteiger partial charge in [0.2, 0.25) is 0 Å². The molecule has 1 saturated carbocycles. The van der Waals surface area contributed by atoms with Gasteiger partial charge < -0.3 is 22.7 Å². The van der Waals surface area contributed by atoms with Gasteiger partial charge in [0, 0.05) is 38.8 Å². The Kier molecular flexibility index (Phi) is 9.32. The summed E-state index contributed by atoms with van der Waals surface area (Å²) in [6, 6.07) is 18.5. The molecule has 2 aromatic carbocycles. The Morgan fingerprint density at radius 2 is 1.52 bits per heavy atom. The number of aliphatic hydroxyl groups is 1. The largest absolute Gasteiger partial charge is 0.378 e. The minimum absolute atomic E-state index is 0. The standard InChI is InChI=1S/C24H31N2O2.Y/c1-3-19-14-16-22(17-15-19)26-23(27)25-18(2)24(28,20-10-6-4-7-11-20)21-12-8-5-9-13-21;/h4-13,18-19,22,28H,1,3,14-17H2,2H3,(H2,25,26,27);/q-1;. The van der Waals surface area contributed by atoms with Gasteiger partial charge in [0.05, 0.1) is 6.04 Å². The zero-order valence-corrected chi connectivity index (χ0v) is 20.0. The zero-order chi connectivity index (χ0) is 20.0. The number of hydrogen-bond acceptors (Lipinski definition) is 2. The van der Waals surface area contributed by atoms with Gasteiger partial charge >= 0.3 is 6.03 Å². The van der Waals surface area contributed by atoms with Crippen LogP contribution in [0.5, 0.6) is 0 Å². The molecule has 1 unspecified atom stereocenters. The number of urea groups is 1. The summed E-state index contributed by atoms with van der Waals surface area (Å²) in [5.74, 6) is 0.682. The molecule has 0 aromatic heterocycles. The summed E-state index contributed by atoms with van der Waals surface area (Å²) < 4.78 is 0. The Hall–Kier alpha value is -1.23. The quantitative estimate of drug-likeness (QED) is 0.551. The first kappa shape index (κ1) is 24.0. The first-order valence-corrected chi connectivity index (χ1v) is 10.2. The average molecular weight is 468 g/mol. The van der Waals surface area contributed by atoms with E-state index in [1.165, 1.54) is 0 Å². The van der Waals surface area contributed by atoms with Gasteiger partial charge in [-0.25, -0.2) is 4.79 Å². The van der Waals surface area contributed by atoms with Gasteiger partial charge in [0.1, 0.15) is 5.60 Å². The van der Waals surface area contributed by atoms with Crippen LogP contribution in [0.3, 0.4) is 0 Å². The normalized spacial score (nSPS) is 20.2. The summed E-state index contributed by atoms with van der Waals surface area (Å²) in [5, 5.41) is 17.8. The van der Waals surface area contributed by atoms with E-state index >= 15 is 0 Å². The van der Waals surface area contributed by atoms with E-state index < -0.39 is 11.6 Å². The third-order valence-electron chi connectivity index (χ3n) is 5.99. The van der Waals surface area contributed by atoms with Crippen molar-refractivity contribution in [2.45, 2.75) is 56.7 Å². The Morgan fingerprint density at radius 1 is 1.03 bits per heavy atom. The maximum Gasteiger partial charge on any atom is 0.315 e. The van der Waals surface area contributed by atoms with Crippen LogP contribution in [-0.4, -0.2) is 23.2 Å². The third kappa shape index (κ3) is 5.90. The van der Waals surface area contributed by atoms with Crippen LogP contribution in [0.4, 0.5) is 4.79 Å². The summed E-state index contributed by atoms with van der Waals surface area (Å²) in [4.78, 5) is 12.6. The molecule has 1 aliphatic rings. The van der Waals surface area contributed by atoms with Crippen molar-refractivity contribution in [3.63, 3.8) is 0 Å². The maximum atomic E-state index is 12.6. The SMILES string of the molecule is [CH2-]CC1CCC(NC(=O)NC(C)C(O)(c2ccccc2)c2ccccc2)CC1.[Y]. The van der Waals surface area contributed by atoms with Crippen LogP contribution in [-0.2, 0) is 38.3 Å². The van der Waals surface area contributed by atoms with Gasteiger partial charge in [0.25, 0.3) is 0 Å². The molecule has 2 aromatic rings. The maximum absolute atomic E-state index is 12.6. The van der Waals surface area contributed by atoms with Gasteiger partial charge in [-0.2, -0.15) is 6.42 Å². The topological polar surface area (TPSA) is 61.4 Å². The van der Waals surface area contributed by atoms with E-state index in [1.807, 2.05) is 67.6 Å². The van der Waals surface area contributed by atoms with Crippen molar-refractivity contribution in [3.05, 3.63) is 78.7 Å². The Balaban J connectivity index is 0.00000300. The van der Waals surface area contributed by atoms with Crippen molar-refractivity contribution in [2.24, 2.45) is 5.92 Å². The Morgan fingerprint density at radius 3 is 1.97 bits per heavy atom. The number of amides is 2. The zero-order valence-electron chi connectivity index (χ0n) is 17.2. The summed E-state index contributed by atoms with van der Waals surface area (Å²) in [5.41, 5.74) is 0.195. The molecular weight excluding hydrogens is 437 g/mol. The van der Waals surface area contributed by atoms with Crippen molar-refractivity contribution in [3.8, 4) is 0 Å². The summed E-state index contributed by atoms with van der Waals surface area (Å²) in [6.45, 7) is 5.84. The summed E-state index contributed by atoms with van der Waals surface area (Å²) in [6.07, 6.45) is 5.17. The first-order valence-electron chi connectivity index (χ1n) is 10.2. The number of benzene rings is 2. The Labute approximate surface area is 199 Å². The third-order valence-corrected chi connectivity index (χ3v) is 5.99. The molecule has 0 saturated heterocycles. The van der Waals surface area contributed by atoms with Crippen LogP contribution >= 0.6 is 0 Å². The van der Waals surface area contributed by atoms with E-state index in [2.05, 4.69) is 17.6 Å². The van der Waals surface area contributed by atoms with Crippen LogP contribution < -0.4 is 10.6 Å². The van der Waals surface area contributed by atoms with Gasteiger partial charge in [-0.3, -0.25) is 0 Å². The minimum Gasteiger partial charge on any atom is -0.378 e. The number of rotatable bonds is 6. The van der Waals surface area contributed by atoms with E-state index in [-0.39, 0.29) is 44.8 Å². The van der Waals surface area contributed by atoms with E-state index in [9.17, 15) is 9.90 Å². The minimum atomic E-state index is -1.31. The molecule has 1 aliphatic carbocycles. The molecule has 29 heavy (non-hydrogen) atoms. The number of carbonyl (C=O) groups is 1. The van der Waals surface area contributed by atoms with Gasteiger partial charge in [-0.15, -0.1) is 0 Å². The fraction of sp³-hybridized carbons (Fsp3) is 0.417. The Bertz CT molecular complexity index is 706. The van der Waals surface area contributed by atoms with Crippen molar-refractivity contribution in [2.75, 3.05) is 0 Å². The van der Waals surface area contributed by atoms with Crippen LogP contribution in [0.1, 0.15) is 50.2 Å². The predicted octanol–water partition coefficient (Wildman–Crippen LogP) is 4.39. The molecule has 153 valence electrons. The van der Waals surface area contributed by atoms with E-state index in [4.69, 9.17) is 0 Å². The van der Waals surface area contributed by atoms with E-state index in [0.717, 1.165) is 43.2 Å². The molecule has 0 spiro atoms. The predicted molar refractivity (Wildman–Crippen MR) is 113 cm³/mol. The van der Waals surface area contributed by atoms with Gasteiger partial charge in [-0.05, 0) is 30.9 Å². The number of hydrogen-bond donors (Lipinski definition) is 3. The molecule has 0 heterocycles. The molecule has 0 aliphatic heterocycles. The average Bonchev–Trinajstić information content (AvgIpc) is 2.74. The van der Waals surface area contributed by atoms with Crippen LogP contribution in [0.2, 0.25) is 0 Å². The molecule has 0 bridgehead atoms. The smallest absolute Gasteiger partial charge is 0.315 e. The molecular formula is C24H31N2O2Y-. The molecule has 1 fully saturated rings. The molecule has 5 heteroatoms. The fourth-order valence-electron chi connectivity index (χ4n) is 4.17. The number of carbonyl (C=O) groups excluding carboxylic acids is 1. The second-order valence-corrected chi connectivity index (χ2v) is 7.84. The van der Waals surface area contributed by atoms with E-state index in [0.29, 0.717) is 5.92 Å². The van der Waals surface area contributed by atoms with E-state index in [1.54, 1.807) is 0 Å². The van der Waals surface area contributed by atoms with Crippen molar-refractivity contribution >= 4 is 6.03 Å². The molecule has 3 rings (SSSR count). The van der Waals surface area contributed by atoms with Crippen LogP contribution in [0.15, 0.2) is 60.7 Å². The monoisotopic (exact) mass is 468 g/mol. The molecule has 1 radical (unpaired) electrons. The fourth-order valence-corrected chi connectivity index (χ4v) is 4.17. The molecule has 1 atom stereocenters. The number of nitrogens with one attached hydrogen (secondary N) is 2. The second-order valence-electron chi connectivity index (χ2n) is 7.84. The van der Waals surface area contributed by atoms with Gasteiger partial charge in [0.15, 0.2) is 0 Å². The van der Waals surface area contributed by atoms with Crippen LogP contribution in [0, 0.1) is 12.8 Å². The second kappa shape index (κ2) is 11.2. The summed E-state index contributed by atoms with van der Waals surface area (Å²) >= 11 is 0.